The molecule has 4 heteroatoms. The van der Waals surface area contributed by atoms with Crippen molar-refractivity contribution in [2.24, 2.45) is 5.41 Å². The average Bonchev–Trinajstić information content (AvgIpc) is 2.17. The molecule has 1 rings (SSSR count). The first-order valence-corrected chi connectivity index (χ1v) is 9.45. The van der Waals surface area contributed by atoms with Crippen LogP contribution in [0.25, 0.3) is 0 Å². The zero-order chi connectivity index (χ0) is 16.1. The van der Waals surface area contributed by atoms with Crippen molar-refractivity contribution in [2.45, 2.75) is 53.4 Å². The van der Waals surface area contributed by atoms with Gasteiger partial charge in [0.15, 0.2) is 0 Å². The third kappa shape index (κ3) is 7.88. The van der Waals surface area contributed by atoms with E-state index in [0.717, 1.165) is 16.4 Å². The molecule has 0 atom stereocenters. The number of carboxylic acids is 1. The van der Waals surface area contributed by atoms with Crippen molar-refractivity contribution in [3.63, 3.8) is 0 Å². The Balaban J connectivity index is 0.000000796. The molecule has 0 radical (unpaired) electrons. The summed E-state index contributed by atoms with van der Waals surface area (Å²) >= 11 is 0.480. The fraction of sp³-hybridized carbons (Fsp3) is 0.562. The molecule has 2 N–H and O–H groups in total. The predicted octanol–water partition coefficient (Wildman–Crippen LogP) is 3.37. The average molecular weight is 466 g/mol. The Bertz CT molecular complexity index is 455. The van der Waals surface area contributed by atoms with Crippen molar-refractivity contribution in [2.75, 3.05) is 0 Å². The zero-order valence-electron chi connectivity index (χ0n) is 13.4. The normalized spacial score (nSPS) is 11.6. The number of carboxylic acid groups (broad SMARTS) is 1. The molecule has 20 heavy (non-hydrogen) atoms. The van der Waals surface area contributed by atoms with Crippen molar-refractivity contribution < 1.29 is 41.1 Å². The van der Waals surface area contributed by atoms with E-state index in [1.807, 2.05) is 6.07 Å². The standard InChI is InChI=1S/C14H21O.C2H4O2.Hg/c1-13(2,3)10-14(4,5)11-6-8-12(15)9-7-11;1-2(3)4;/h6-8,15H,10H2,1-5H3;1H3,(H,3,4);. The molecule has 0 bridgehead atoms. The van der Waals surface area contributed by atoms with Crippen molar-refractivity contribution in [3.05, 3.63) is 23.8 Å². The molecule has 0 saturated heterocycles. The summed E-state index contributed by atoms with van der Waals surface area (Å²) in [5.41, 5.74) is 1.86. The van der Waals surface area contributed by atoms with Crippen LogP contribution in [0, 0.1) is 5.41 Å². The zero-order valence-corrected chi connectivity index (χ0v) is 18.9. The summed E-state index contributed by atoms with van der Waals surface area (Å²) in [5.74, 6) is -0.362. The van der Waals surface area contributed by atoms with Crippen LogP contribution >= 0.6 is 0 Å². The van der Waals surface area contributed by atoms with Gasteiger partial charge >= 0.3 is 116 Å². The van der Waals surface area contributed by atoms with E-state index >= 15 is 0 Å². The van der Waals surface area contributed by atoms with Gasteiger partial charge in [0.1, 0.15) is 0 Å². The van der Waals surface area contributed by atoms with Crippen LogP contribution in [0.3, 0.4) is 0 Å². The summed E-state index contributed by atoms with van der Waals surface area (Å²) in [5, 5.41) is 17.0. The molecule has 1 aromatic rings. The maximum atomic E-state index is 9.59. The third-order valence-electron chi connectivity index (χ3n) is 2.83. The van der Waals surface area contributed by atoms with Gasteiger partial charge in [0.05, 0.1) is 0 Å². The van der Waals surface area contributed by atoms with Gasteiger partial charge in [-0.05, 0) is 0 Å². The predicted molar refractivity (Wildman–Crippen MR) is 78.1 cm³/mol. The Morgan fingerprint density at radius 3 is 2.00 bits per heavy atom. The van der Waals surface area contributed by atoms with E-state index in [2.05, 4.69) is 46.8 Å². The van der Waals surface area contributed by atoms with Gasteiger partial charge in [0.25, 0.3) is 5.97 Å². The first-order chi connectivity index (χ1) is 8.85. The first kappa shape index (κ1) is 19.4. The molecule has 0 saturated carbocycles. The molecular formula is C16H25HgO3. The number of hydrogen-bond acceptors (Lipinski definition) is 2. The number of phenolic OH excluding ortho intramolecular Hbond substituents is 1. The Labute approximate surface area is 138 Å². The Morgan fingerprint density at radius 2 is 1.65 bits per heavy atom. The number of aromatic hydroxyl groups is 1. The minimum atomic E-state index is -0.833. The summed E-state index contributed by atoms with van der Waals surface area (Å²) in [6.07, 6.45) is 1.15. The number of carbonyl (C=O) groups is 1. The second-order valence-electron chi connectivity index (χ2n) is 6.98. The number of rotatable bonds is 2. The second-order valence-corrected chi connectivity index (χ2v) is 9.95. The van der Waals surface area contributed by atoms with Crippen LogP contribution in [-0.2, 0) is 36.3 Å². The number of hydrogen-bond donors (Lipinski definition) is 2. The fourth-order valence-electron chi connectivity index (χ4n) is 2.43. The van der Waals surface area contributed by atoms with Crippen molar-refractivity contribution in [3.8, 4) is 5.75 Å². The molecule has 0 unspecified atom stereocenters. The van der Waals surface area contributed by atoms with Crippen molar-refractivity contribution in [1.82, 2.24) is 0 Å². The number of phenols is 1. The maximum absolute atomic E-state index is 9.59. The van der Waals surface area contributed by atoms with E-state index in [1.165, 1.54) is 5.56 Å². The topological polar surface area (TPSA) is 57.5 Å². The minimum absolute atomic E-state index is 0.181. The molecule has 0 spiro atoms. The fourth-order valence-corrected chi connectivity index (χ4v) is 3.75. The summed E-state index contributed by atoms with van der Waals surface area (Å²) in [6.45, 7) is 12.5. The van der Waals surface area contributed by atoms with Gasteiger partial charge in [-0.25, -0.2) is 0 Å². The van der Waals surface area contributed by atoms with Gasteiger partial charge in [-0.1, -0.05) is 0 Å². The molecule has 0 aromatic heterocycles. The molecular weight excluding hydrogens is 441 g/mol. The van der Waals surface area contributed by atoms with E-state index in [-0.39, 0.29) is 5.41 Å². The first-order valence-electron chi connectivity index (χ1n) is 6.70. The van der Waals surface area contributed by atoms with Crippen LogP contribution in [0.4, 0.5) is 0 Å². The monoisotopic (exact) mass is 467 g/mol. The van der Waals surface area contributed by atoms with E-state index < -0.39 is 5.97 Å². The molecule has 0 fully saturated rings. The molecule has 0 aliphatic heterocycles. The molecule has 0 amide bonds. The molecule has 3 nitrogen and oxygen atoms in total. The number of benzene rings is 1. The van der Waals surface area contributed by atoms with Crippen molar-refractivity contribution in [1.29, 1.82) is 0 Å². The Kier molecular flexibility index (Phi) is 7.22. The van der Waals surface area contributed by atoms with E-state index in [0.29, 0.717) is 37.3 Å². The molecule has 0 heterocycles. The number of aliphatic carboxylic acids is 1. The van der Waals surface area contributed by atoms with Gasteiger partial charge in [0.2, 0.25) is 0 Å². The summed E-state index contributed by atoms with van der Waals surface area (Å²) in [7, 11) is 0. The van der Waals surface area contributed by atoms with Crippen LogP contribution in [-0.4, -0.2) is 16.2 Å². The summed E-state index contributed by atoms with van der Waals surface area (Å²) in [4.78, 5) is 9.00. The van der Waals surface area contributed by atoms with Crippen LogP contribution in [0.5, 0.6) is 5.75 Å². The van der Waals surface area contributed by atoms with Gasteiger partial charge in [0, 0.05) is 6.92 Å². The summed E-state index contributed by atoms with van der Waals surface area (Å²) in [6, 6.07) is 6.10. The van der Waals surface area contributed by atoms with Gasteiger partial charge in [-0.2, -0.15) is 0 Å². The van der Waals surface area contributed by atoms with E-state index in [9.17, 15) is 5.11 Å². The quantitative estimate of drug-likeness (QED) is 0.658. The van der Waals surface area contributed by atoms with Crippen molar-refractivity contribution >= 4 is 9.04 Å². The van der Waals surface area contributed by atoms with Gasteiger partial charge in [-0.3, -0.25) is 4.79 Å². The van der Waals surface area contributed by atoms with E-state index in [4.69, 9.17) is 9.90 Å². The Hall–Kier alpha value is -0.575. The second kappa shape index (κ2) is 7.44. The van der Waals surface area contributed by atoms with Gasteiger partial charge in [-0.15, -0.1) is 0 Å². The molecule has 1 aromatic carbocycles. The van der Waals surface area contributed by atoms with Crippen LogP contribution in [0.15, 0.2) is 18.2 Å². The third-order valence-corrected chi connectivity index (χ3v) is 5.03. The molecule has 109 valence electrons. The van der Waals surface area contributed by atoms with E-state index in [1.54, 1.807) is 0 Å². The molecule has 0 aliphatic rings. The van der Waals surface area contributed by atoms with Crippen LogP contribution in [0.1, 0.15) is 53.5 Å². The Morgan fingerprint density at radius 1 is 1.20 bits per heavy atom. The van der Waals surface area contributed by atoms with Gasteiger partial charge < -0.3 is 5.11 Å². The van der Waals surface area contributed by atoms with Crippen LogP contribution in [0.2, 0.25) is 0 Å². The summed E-state index contributed by atoms with van der Waals surface area (Å²) < 4.78 is 1.15. The SMILES string of the molecule is CC(=O)O.CC(C)(C)CC(C)(C)c1ccc(O)[c]([Hg])c1. The van der Waals surface area contributed by atoms with Crippen LogP contribution < -0.4 is 3.07 Å². The molecule has 0 aliphatic carbocycles.